The van der Waals surface area contributed by atoms with E-state index in [1.807, 2.05) is 11.7 Å². The van der Waals surface area contributed by atoms with E-state index in [9.17, 15) is 0 Å². The highest BCUT2D eigenvalue weighted by Gasteiger charge is 2.32. The van der Waals surface area contributed by atoms with Crippen molar-refractivity contribution in [2.24, 2.45) is 11.7 Å². The highest BCUT2D eigenvalue weighted by atomic mass is 32.1. The van der Waals surface area contributed by atoms with E-state index in [1.54, 1.807) is 11.3 Å². The van der Waals surface area contributed by atoms with Crippen LogP contribution in [0.15, 0.2) is 11.7 Å². The van der Waals surface area contributed by atoms with Crippen LogP contribution in [0.25, 0.3) is 0 Å². The van der Waals surface area contributed by atoms with Gasteiger partial charge in [-0.2, -0.15) is 0 Å². The SMILES string of the molecule is CC1CC(CN)CN1C(C)c1cncs1. The third-order valence-electron chi connectivity index (χ3n) is 3.40. The highest BCUT2D eigenvalue weighted by molar-refractivity contribution is 7.09. The first kappa shape index (κ1) is 11.0. The van der Waals surface area contributed by atoms with Crippen LogP contribution in [-0.2, 0) is 0 Å². The van der Waals surface area contributed by atoms with Crippen LogP contribution in [0.2, 0.25) is 0 Å². The average molecular weight is 225 g/mol. The van der Waals surface area contributed by atoms with E-state index in [0.717, 1.165) is 13.1 Å². The fraction of sp³-hybridized carbons (Fsp3) is 0.727. The Kier molecular flexibility index (Phi) is 3.38. The Balaban J connectivity index is 2.05. The molecule has 2 rings (SSSR count). The van der Waals surface area contributed by atoms with Gasteiger partial charge in [-0.05, 0) is 32.7 Å². The molecule has 1 aliphatic heterocycles. The highest BCUT2D eigenvalue weighted by Crippen LogP contribution is 2.32. The fourth-order valence-electron chi connectivity index (χ4n) is 2.48. The second kappa shape index (κ2) is 4.60. The molecule has 1 aromatic rings. The molecule has 4 heteroatoms. The van der Waals surface area contributed by atoms with Crippen LogP contribution >= 0.6 is 11.3 Å². The van der Waals surface area contributed by atoms with Crippen molar-refractivity contribution in [1.82, 2.24) is 9.88 Å². The lowest BCUT2D eigenvalue weighted by atomic mass is 10.1. The van der Waals surface area contributed by atoms with Gasteiger partial charge in [-0.15, -0.1) is 11.3 Å². The molecule has 2 N–H and O–H groups in total. The summed E-state index contributed by atoms with van der Waals surface area (Å²) in [5.41, 5.74) is 7.65. The van der Waals surface area contributed by atoms with Crippen molar-refractivity contribution in [2.75, 3.05) is 13.1 Å². The maximum atomic E-state index is 5.74. The number of likely N-dealkylation sites (tertiary alicyclic amines) is 1. The molecule has 0 spiro atoms. The fourth-order valence-corrected chi connectivity index (χ4v) is 3.17. The predicted octanol–water partition coefficient (Wildman–Crippen LogP) is 1.87. The van der Waals surface area contributed by atoms with Gasteiger partial charge in [0.15, 0.2) is 0 Å². The normalized spacial score (nSPS) is 29.5. The van der Waals surface area contributed by atoms with E-state index in [2.05, 4.69) is 23.7 Å². The van der Waals surface area contributed by atoms with Crippen LogP contribution in [0.3, 0.4) is 0 Å². The number of nitrogens with zero attached hydrogens (tertiary/aromatic N) is 2. The van der Waals surface area contributed by atoms with E-state index in [4.69, 9.17) is 5.73 Å². The molecule has 0 saturated carbocycles. The Labute approximate surface area is 95.3 Å². The zero-order chi connectivity index (χ0) is 10.8. The summed E-state index contributed by atoms with van der Waals surface area (Å²) in [4.78, 5) is 8.05. The lowest BCUT2D eigenvalue weighted by Crippen LogP contribution is -2.30. The van der Waals surface area contributed by atoms with Gasteiger partial charge in [0.1, 0.15) is 0 Å². The summed E-state index contributed by atoms with van der Waals surface area (Å²) in [7, 11) is 0. The van der Waals surface area contributed by atoms with E-state index in [1.165, 1.54) is 11.3 Å². The zero-order valence-electron chi connectivity index (χ0n) is 9.39. The van der Waals surface area contributed by atoms with Gasteiger partial charge in [0.05, 0.1) is 5.51 Å². The molecule has 0 aliphatic carbocycles. The smallest absolute Gasteiger partial charge is 0.0794 e. The van der Waals surface area contributed by atoms with Crippen LogP contribution in [0.4, 0.5) is 0 Å². The Bertz CT molecular complexity index is 299. The molecule has 3 nitrogen and oxygen atoms in total. The summed E-state index contributed by atoms with van der Waals surface area (Å²) >= 11 is 1.74. The van der Waals surface area contributed by atoms with Crippen LogP contribution in [0.5, 0.6) is 0 Å². The first-order chi connectivity index (χ1) is 7.22. The maximum Gasteiger partial charge on any atom is 0.0794 e. The molecule has 0 amide bonds. The summed E-state index contributed by atoms with van der Waals surface area (Å²) < 4.78 is 0. The van der Waals surface area contributed by atoms with E-state index >= 15 is 0 Å². The molecular formula is C11H19N3S. The van der Waals surface area contributed by atoms with Gasteiger partial charge < -0.3 is 5.73 Å². The summed E-state index contributed by atoms with van der Waals surface area (Å²) in [6.07, 6.45) is 3.22. The number of rotatable bonds is 3. The van der Waals surface area contributed by atoms with Gasteiger partial charge in [0, 0.05) is 29.7 Å². The number of thiazole rings is 1. The Hall–Kier alpha value is -0.450. The molecule has 0 radical (unpaired) electrons. The van der Waals surface area contributed by atoms with Crippen molar-refractivity contribution in [2.45, 2.75) is 32.4 Å². The first-order valence-electron chi connectivity index (χ1n) is 5.56. The Morgan fingerprint density at radius 1 is 1.73 bits per heavy atom. The lowest BCUT2D eigenvalue weighted by Gasteiger charge is -2.27. The minimum atomic E-state index is 0.490. The van der Waals surface area contributed by atoms with Crippen molar-refractivity contribution in [3.63, 3.8) is 0 Å². The van der Waals surface area contributed by atoms with Gasteiger partial charge in [-0.3, -0.25) is 9.88 Å². The number of hydrogen-bond donors (Lipinski definition) is 1. The minimum Gasteiger partial charge on any atom is -0.330 e. The Morgan fingerprint density at radius 2 is 2.53 bits per heavy atom. The minimum absolute atomic E-state index is 0.490. The van der Waals surface area contributed by atoms with Gasteiger partial charge in [-0.1, -0.05) is 0 Å². The molecule has 1 aliphatic rings. The van der Waals surface area contributed by atoms with Gasteiger partial charge in [0.25, 0.3) is 0 Å². The third kappa shape index (κ3) is 2.22. The monoisotopic (exact) mass is 225 g/mol. The standard InChI is InChI=1S/C11H19N3S/c1-8-3-10(4-12)6-14(8)9(2)11-5-13-7-15-11/h5,7-10H,3-4,6,12H2,1-2H3. The second-order valence-electron chi connectivity index (χ2n) is 4.46. The van der Waals surface area contributed by atoms with Crippen molar-refractivity contribution in [3.8, 4) is 0 Å². The van der Waals surface area contributed by atoms with Crippen LogP contribution < -0.4 is 5.73 Å². The molecular weight excluding hydrogens is 206 g/mol. The van der Waals surface area contributed by atoms with E-state index in [0.29, 0.717) is 18.0 Å². The zero-order valence-corrected chi connectivity index (χ0v) is 10.2. The lowest BCUT2D eigenvalue weighted by molar-refractivity contribution is 0.203. The molecule has 0 bridgehead atoms. The van der Waals surface area contributed by atoms with Gasteiger partial charge in [0.2, 0.25) is 0 Å². The molecule has 2 heterocycles. The van der Waals surface area contributed by atoms with E-state index in [-0.39, 0.29) is 0 Å². The second-order valence-corrected chi connectivity index (χ2v) is 5.38. The average Bonchev–Trinajstić information content (AvgIpc) is 2.85. The topological polar surface area (TPSA) is 42.1 Å². The molecule has 0 aromatic carbocycles. The van der Waals surface area contributed by atoms with Crippen LogP contribution in [0, 0.1) is 5.92 Å². The molecule has 15 heavy (non-hydrogen) atoms. The largest absolute Gasteiger partial charge is 0.330 e. The van der Waals surface area contributed by atoms with Crippen LogP contribution in [-0.4, -0.2) is 29.0 Å². The molecule has 3 atom stereocenters. The number of hydrogen-bond acceptors (Lipinski definition) is 4. The third-order valence-corrected chi connectivity index (χ3v) is 4.35. The quantitative estimate of drug-likeness (QED) is 0.854. The first-order valence-corrected chi connectivity index (χ1v) is 6.44. The van der Waals surface area contributed by atoms with Gasteiger partial charge >= 0.3 is 0 Å². The summed E-state index contributed by atoms with van der Waals surface area (Å²) in [5, 5.41) is 0. The predicted molar refractivity (Wildman–Crippen MR) is 63.9 cm³/mol. The number of nitrogens with two attached hydrogens (primary N) is 1. The van der Waals surface area contributed by atoms with Gasteiger partial charge in [-0.25, -0.2) is 0 Å². The molecule has 84 valence electrons. The van der Waals surface area contributed by atoms with Crippen molar-refractivity contribution in [1.29, 1.82) is 0 Å². The van der Waals surface area contributed by atoms with Crippen molar-refractivity contribution >= 4 is 11.3 Å². The summed E-state index contributed by atoms with van der Waals surface area (Å²) in [5.74, 6) is 0.676. The molecule has 1 aromatic heterocycles. The molecule has 1 fully saturated rings. The summed E-state index contributed by atoms with van der Waals surface area (Å²) in [6, 6.07) is 1.14. The molecule has 3 unspecified atom stereocenters. The van der Waals surface area contributed by atoms with Crippen molar-refractivity contribution in [3.05, 3.63) is 16.6 Å². The van der Waals surface area contributed by atoms with Crippen molar-refractivity contribution < 1.29 is 0 Å². The summed E-state index contributed by atoms with van der Waals surface area (Å²) in [6.45, 7) is 6.52. The Morgan fingerprint density at radius 3 is 3.07 bits per heavy atom. The van der Waals surface area contributed by atoms with E-state index < -0.39 is 0 Å². The molecule has 1 saturated heterocycles. The van der Waals surface area contributed by atoms with Crippen LogP contribution in [0.1, 0.15) is 31.2 Å². The maximum absolute atomic E-state index is 5.74. The number of aromatic nitrogens is 1.